The van der Waals surface area contributed by atoms with E-state index in [1.807, 2.05) is 4.98 Å². The van der Waals surface area contributed by atoms with E-state index in [9.17, 15) is 18.8 Å². The molecule has 2 N–H and O–H groups in total. The Bertz CT molecular complexity index is 778. The van der Waals surface area contributed by atoms with E-state index >= 15 is 0 Å². The van der Waals surface area contributed by atoms with Gasteiger partial charge in [-0.25, -0.2) is 13.9 Å². The lowest BCUT2D eigenvalue weighted by atomic mass is 10.1. The molecule has 100 valence electrons. The van der Waals surface area contributed by atoms with Crippen LogP contribution in [0.2, 0.25) is 5.02 Å². The Labute approximate surface area is 110 Å². The molecular weight excluding hydrogens is 277 g/mol. The maximum absolute atomic E-state index is 12.9. The molecule has 8 heteroatoms. The summed E-state index contributed by atoms with van der Waals surface area (Å²) in [5, 5.41) is 2.12. The smallest absolute Gasteiger partial charge is 0.268 e. The molecule has 0 bridgehead atoms. The summed E-state index contributed by atoms with van der Waals surface area (Å²) in [6, 6.07) is 4.18. The van der Waals surface area contributed by atoms with Crippen LogP contribution in [0.1, 0.15) is 5.56 Å². The maximum atomic E-state index is 12.9. The van der Waals surface area contributed by atoms with Gasteiger partial charge >= 0.3 is 16.8 Å². The minimum Gasteiger partial charge on any atom is -0.268 e. The van der Waals surface area contributed by atoms with E-state index in [-0.39, 0.29) is 11.6 Å². The number of H-pyrrole nitrogens is 2. The van der Waals surface area contributed by atoms with Crippen LogP contribution in [0.25, 0.3) is 0 Å². The van der Waals surface area contributed by atoms with Gasteiger partial charge in [0, 0.05) is 6.54 Å². The number of aromatic amines is 2. The molecule has 0 fully saturated rings. The zero-order chi connectivity index (χ0) is 14.0. The number of halogens is 2. The quantitative estimate of drug-likeness (QED) is 0.793. The highest BCUT2D eigenvalue weighted by Gasteiger charge is 2.04. The van der Waals surface area contributed by atoms with Crippen molar-refractivity contribution < 1.29 is 4.39 Å². The van der Waals surface area contributed by atoms with Crippen LogP contribution >= 0.6 is 11.6 Å². The van der Waals surface area contributed by atoms with Crippen LogP contribution in [0, 0.1) is 5.82 Å². The van der Waals surface area contributed by atoms with Crippen LogP contribution in [0.4, 0.5) is 4.39 Å². The number of nitrogens with zero attached hydrogens (tertiary/aromatic N) is 1. The van der Waals surface area contributed by atoms with E-state index in [1.54, 1.807) is 0 Å². The van der Waals surface area contributed by atoms with Crippen molar-refractivity contribution in [2.45, 2.75) is 13.0 Å². The van der Waals surface area contributed by atoms with Gasteiger partial charge in [0.05, 0.1) is 5.02 Å². The van der Waals surface area contributed by atoms with Crippen molar-refractivity contribution >= 4 is 11.6 Å². The third kappa shape index (κ3) is 3.00. The average molecular weight is 286 g/mol. The number of aryl methyl sites for hydroxylation is 2. The molecule has 0 spiro atoms. The largest absolute Gasteiger partial charge is 0.343 e. The van der Waals surface area contributed by atoms with Gasteiger partial charge in [-0.2, -0.15) is 0 Å². The number of hydrogen-bond acceptors (Lipinski definition) is 3. The predicted molar refractivity (Wildman–Crippen MR) is 67.1 cm³/mol. The molecule has 0 saturated carbocycles. The minimum atomic E-state index is -0.994. The predicted octanol–water partition coefficient (Wildman–Crippen LogP) is 0.260. The Morgan fingerprint density at radius 2 is 1.95 bits per heavy atom. The van der Waals surface area contributed by atoms with Crippen molar-refractivity contribution in [2.75, 3.05) is 0 Å². The van der Waals surface area contributed by atoms with E-state index in [2.05, 4.69) is 5.10 Å². The normalized spacial score (nSPS) is 10.6. The van der Waals surface area contributed by atoms with Crippen molar-refractivity contribution in [1.82, 2.24) is 14.8 Å². The summed E-state index contributed by atoms with van der Waals surface area (Å²) < 4.78 is 13.9. The van der Waals surface area contributed by atoms with Gasteiger partial charge in [-0.15, -0.1) is 0 Å². The van der Waals surface area contributed by atoms with Crippen LogP contribution in [-0.2, 0) is 13.0 Å². The molecule has 0 aliphatic rings. The molecule has 1 aromatic heterocycles. The summed E-state index contributed by atoms with van der Waals surface area (Å²) in [6.07, 6.45) is 0.349. The van der Waals surface area contributed by atoms with E-state index in [0.29, 0.717) is 12.0 Å². The molecule has 0 aliphatic carbocycles. The van der Waals surface area contributed by atoms with Gasteiger partial charge in [0.1, 0.15) is 5.82 Å². The first-order valence-electron chi connectivity index (χ1n) is 5.35. The Balaban J connectivity index is 2.21. The molecule has 0 unspecified atom stereocenters. The first kappa shape index (κ1) is 13.3. The highest BCUT2D eigenvalue weighted by Crippen LogP contribution is 2.16. The fraction of sp³-hybridized carbons (Fsp3) is 0.182. The zero-order valence-corrected chi connectivity index (χ0v) is 10.3. The highest BCUT2D eigenvalue weighted by atomic mass is 35.5. The van der Waals surface area contributed by atoms with Gasteiger partial charge in [0.15, 0.2) is 0 Å². The lowest BCUT2D eigenvalue weighted by Crippen LogP contribution is -2.43. The van der Waals surface area contributed by atoms with Crippen LogP contribution in [-0.4, -0.2) is 14.8 Å². The first-order valence-corrected chi connectivity index (χ1v) is 5.72. The molecule has 0 atom stereocenters. The third-order valence-corrected chi connectivity index (χ3v) is 2.81. The van der Waals surface area contributed by atoms with Gasteiger partial charge in [0.2, 0.25) is 0 Å². The summed E-state index contributed by atoms with van der Waals surface area (Å²) in [4.78, 5) is 35.2. The summed E-state index contributed by atoms with van der Waals surface area (Å²) in [7, 11) is 0. The SMILES string of the molecule is O=c1[nH]c(=O)n(CCc2ccc(F)c(Cl)c2)[nH]c1=O. The minimum absolute atomic E-state index is 0.0141. The van der Waals surface area contributed by atoms with Crippen molar-refractivity contribution in [3.63, 3.8) is 0 Å². The Hall–Kier alpha value is -2.15. The zero-order valence-electron chi connectivity index (χ0n) is 9.57. The van der Waals surface area contributed by atoms with Gasteiger partial charge in [-0.05, 0) is 24.1 Å². The molecule has 0 saturated heterocycles. The standard InChI is InChI=1S/C11H9ClFN3O3/c12-7-5-6(1-2-8(7)13)3-4-16-11(19)14-9(17)10(18)15-16/h1-2,5H,3-4H2,(H,15,18)(H,14,17,19). The number of aromatic nitrogens is 3. The van der Waals surface area contributed by atoms with E-state index in [1.165, 1.54) is 18.2 Å². The average Bonchev–Trinajstić information content (AvgIpc) is 2.36. The van der Waals surface area contributed by atoms with Crippen molar-refractivity contribution in [2.24, 2.45) is 0 Å². The second-order valence-corrected chi connectivity index (χ2v) is 4.26. The number of hydrogen-bond donors (Lipinski definition) is 2. The Kier molecular flexibility index (Phi) is 3.66. The molecule has 19 heavy (non-hydrogen) atoms. The summed E-state index contributed by atoms with van der Waals surface area (Å²) in [6.45, 7) is 0.132. The molecular formula is C11H9ClFN3O3. The van der Waals surface area contributed by atoms with Crippen molar-refractivity contribution in [3.8, 4) is 0 Å². The molecule has 0 amide bonds. The van der Waals surface area contributed by atoms with Gasteiger partial charge < -0.3 is 0 Å². The fourth-order valence-corrected chi connectivity index (χ4v) is 1.74. The Morgan fingerprint density at radius 1 is 1.21 bits per heavy atom. The topological polar surface area (TPSA) is 87.7 Å². The van der Waals surface area contributed by atoms with Crippen LogP contribution < -0.4 is 16.8 Å². The molecule has 1 heterocycles. The molecule has 6 nitrogen and oxygen atoms in total. The first-order chi connectivity index (χ1) is 8.97. The van der Waals surface area contributed by atoms with E-state index < -0.39 is 22.6 Å². The molecule has 2 aromatic rings. The summed E-state index contributed by atoms with van der Waals surface area (Å²) >= 11 is 5.62. The van der Waals surface area contributed by atoms with Crippen LogP contribution in [0.15, 0.2) is 32.6 Å². The Morgan fingerprint density at radius 3 is 2.63 bits per heavy atom. The second kappa shape index (κ2) is 5.23. The van der Waals surface area contributed by atoms with Gasteiger partial charge in [0.25, 0.3) is 0 Å². The van der Waals surface area contributed by atoms with Gasteiger partial charge in [-0.3, -0.25) is 19.7 Å². The van der Waals surface area contributed by atoms with E-state index in [0.717, 1.165) is 4.68 Å². The third-order valence-electron chi connectivity index (χ3n) is 2.52. The molecule has 0 radical (unpaired) electrons. The van der Waals surface area contributed by atoms with Crippen molar-refractivity contribution in [3.05, 3.63) is 65.8 Å². The fourth-order valence-electron chi connectivity index (χ4n) is 1.54. The monoisotopic (exact) mass is 285 g/mol. The summed E-state index contributed by atoms with van der Waals surface area (Å²) in [5.74, 6) is -0.528. The highest BCUT2D eigenvalue weighted by molar-refractivity contribution is 6.30. The van der Waals surface area contributed by atoms with E-state index in [4.69, 9.17) is 11.6 Å². The molecule has 1 aromatic carbocycles. The van der Waals surface area contributed by atoms with Crippen LogP contribution in [0.5, 0.6) is 0 Å². The number of benzene rings is 1. The lowest BCUT2D eigenvalue weighted by Gasteiger charge is -2.05. The second-order valence-electron chi connectivity index (χ2n) is 3.85. The maximum Gasteiger partial charge on any atom is 0.343 e. The van der Waals surface area contributed by atoms with Crippen LogP contribution in [0.3, 0.4) is 0 Å². The molecule has 0 aliphatic heterocycles. The number of rotatable bonds is 3. The lowest BCUT2D eigenvalue weighted by molar-refractivity contribution is 0.544. The number of nitrogens with one attached hydrogen (secondary N) is 2. The molecule has 2 rings (SSSR count). The van der Waals surface area contributed by atoms with Crippen molar-refractivity contribution in [1.29, 1.82) is 0 Å². The summed E-state index contributed by atoms with van der Waals surface area (Å²) in [5.41, 5.74) is -1.91. The van der Waals surface area contributed by atoms with Gasteiger partial charge in [-0.1, -0.05) is 17.7 Å².